The Bertz CT molecular complexity index is 337. The molecule has 0 unspecified atom stereocenters. The van der Waals surface area contributed by atoms with Gasteiger partial charge in [0.15, 0.2) is 6.20 Å². The summed E-state index contributed by atoms with van der Waals surface area (Å²) >= 11 is 0. The fourth-order valence-electron chi connectivity index (χ4n) is 0.633. The van der Waals surface area contributed by atoms with Crippen LogP contribution >= 0.6 is 0 Å². The van der Waals surface area contributed by atoms with Crippen LogP contribution in [0.1, 0.15) is 5.56 Å². The first-order valence-electron chi connectivity index (χ1n) is 3.00. The number of nitrogens with zero attached hydrogens (tertiary/aromatic N) is 2. The van der Waals surface area contributed by atoms with Crippen LogP contribution in [0.2, 0.25) is 0 Å². The van der Waals surface area contributed by atoms with Gasteiger partial charge in [0.1, 0.15) is 0 Å². The van der Waals surface area contributed by atoms with E-state index in [4.69, 9.17) is 0 Å². The van der Waals surface area contributed by atoms with Gasteiger partial charge in [0.25, 0.3) is 5.69 Å². The molecule has 69 valence electrons. The molecule has 0 aromatic carbocycles. The molecular formula is C6H2F3N2O2. The lowest BCUT2D eigenvalue weighted by Crippen LogP contribution is -2.06. The molecule has 0 aliphatic carbocycles. The van der Waals surface area contributed by atoms with Crippen LogP contribution in [0.15, 0.2) is 12.3 Å². The Morgan fingerprint density at radius 2 is 2.15 bits per heavy atom. The molecule has 0 bridgehead atoms. The second kappa shape index (κ2) is 3.00. The highest BCUT2D eigenvalue weighted by molar-refractivity contribution is 5.30. The van der Waals surface area contributed by atoms with E-state index in [0.717, 1.165) is 0 Å². The van der Waals surface area contributed by atoms with Gasteiger partial charge in [-0.15, -0.1) is 0 Å². The number of nitro groups is 1. The Balaban J connectivity index is 3.13. The van der Waals surface area contributed by atoms with Crippen LogP contribution in [0.4, 0.5) is 18.9 Å². The van der Waals surface area contributed by atoms with Crippen LogP contribution in [0.25, 0.3) is 0 Å². The summed E-state index contributed by atoms with van der Waals surface area (Å²) in [6.45, 7) is 0. The Morgan fingerprint density at radius 3 is 2.62 bits per heavy atom. The fraction of sp³-hybridized carbons (Fsp3) is 0.167. The van der Waals surface area contributed by atoms with E-state index < -0.39 is 22.4 Å². The van der Waals surface area contributed by atoms with Gasteiger partial charge in [0.2, 0.25) is 0 Å². The standard InChI is InChI=1S/C6H2F3N2O2/c7-6(8,9)4-1-5(11(12)13)3-10-2-4/h1-2H. The van der Waals surface area contributed by atoms with E-state index in [0.29, 0.717) is 12.3 Å². The number of rotatable bonds is 1. The van der Waals surface area contributed by atoms with Crippen molar-refractivity contribution in [2.75, 3.05) is 0 Å². The maximum Gasteiger partial charge on any atom is 0.418 e. The topological polar surface area (TPSA) is 56.0 Å². The maximum absolute atomic E-state index is 12.0. The largest absolute Gasteiger partial charge is 0.418 e. The van der Waals surface area contributed by atoms with Gasteiger partial charge >= 0.3 is 6.18 Å². The van der Waals surface area contributed by atoms with Crippen LogP contribution in [0.3, 0.4) is 0 Å². The minimum Gasteiger partial charge on any atom is -0.258 e. The van der Waals surface area contributed by atoms with Crippen molar-refractivity contribution in [2.45, 2.75) is 6.18 Å². The summed E-state index contributed by atoms with van der Waals surface area (Å²) in [5.74, 6) is 0. The van der Waals surface area contributed by atoms with Crippen molar-refractivity contribution in [1.82, 2.24) is 4.98 Å². The normalized spacial score (nSPS) is 11.3. The number of aromatic nitrogens is 1. The zero-order chi connectivity index (χ0) is 10.1. The predicted octanol–water partition coefficient (Wildman–Crippen LogP) is 1.81. The van der Waals surface area contributed by atoms with Crippen LogP contribution in [0.5, 0.6) is 0 Å². The third-order valence-corrected chi connectivity index (χ3v) is 1.20. The molecule has 1 heterocycles. The van der Waals surface area contributed by atoms with E-state index in [9.17, 15) is 23.3 Å². The molecule has 4 nitrogen and oxygen atoms in total. The minimum atomic E-state index is -4.62. The van der Waals surface area contributed by atoms with E-state index in [2.05, 4.69) is 4.98 Å². The van der Waals surface area contributed by atoms with E-state index in [1.165, 1.54) is 0 Å². The number of hydrogen-bond donors (Lipinski definition) is 0. The lowest BCUT2D eigenvalue weighted by atomic mass is 10.2. The molecule has 0 spiro atoms. The quantitative estimate of drug-likeness (QED) is 0.502. The molecule has 0 fully saturated rings. The predicted molar refractivity (Wildman–Crippen MR) is 34.7 cm³/mol. The van der Waals surface area contributed by atoms with Gasteiger partial charge in [0.05, 0.1) is 10.5 Å². The Labute approximate surface area is 70.2 Å². The van der Waals surface area contributed by atoms with Gasteiger partial charge in [-0.25, -0.2) is 4.98 Å². The summed E-state index contributed by atoms with van der Waals surface area (Å²) < 4.78 is 35.9. The van der Waals surface area contributed by atoms with Gasteiger partial charge in [0, 0.05) is 12.3 Å². The summed E-state index contributed by atoms with van der Waals surface area (Å²) in [6, 6.07) is 0.382. The first-order valence-corrected chi connectivity index (χ1v) is 3.00. The molecule has 0 saturated heterocycles. The molecule has 0 amide bonds. The van der Waals surface area contributed by atoms with E-state index in [-0.39, 0.29) is 0 Å². The molecule has 0 aliphatic rings. The first kappa shape index (κ1) is 9.43. The monoisotopic (exact) mass is 191 g/mol. The van der Waals surface area contributed by atoms with Crippen LogP contribution in [-0.2, 0) is 6.18 Å². The van der Waals surface area contributed by atoms with Crippen molar-refractivity contribution >= 4 is 5.69 Å². The van der Waals surface area contributed by atoms with Crippen LogP contribution < -0.4 is 0 Å². The fourth-order valence-corrected chi connectivity index (χ4v) is 0.633. The third-order valence-electron chi connectivity index (χ3n) is 1.20. The summed E-state index contributed by atoms with van der Waals surface area (Å²) in [7, 11) is 0. The molecule has 0 N–H and O–H groups in total. The van der Waals surface area contributed by atoms with Crippen molar-refractivity contribution in [3.8, 4) is 0 Å². The molecule has 13 heavy (non-hydrogen) atoms. The number of halogens is 3. The Morgan fingerprint density at radius 1 is 1.54 bits per heavy atom. The first-order chi connectivity index (χ1) is 5.91. The van der Waals surface area contributed by atoms with Crippen molar-refractivity contribution in [3.05, 3.63) is 34.1 Å². The lowest BCUT2D eigenvalue weighted by molar-refractivity contribution is -0.385. The Kier molecular flexibility index (Phi) is 2.18. The average Bonchev–Trinajstić information content (AvgIpc) is 2.03. The highest BCUT2D eigenvalue weighted by Gasteiger charge is 2.32. The molecule has 7 heteroatoms. The van der Waals surface area contributed by atoms with Gasteiger partial charge in [-0.2, -0.15) is 13.2 Å². The zero-order valence-electron chi connectivity index (χ0n) is 6.00. The van der Waals surface area contributed by atoms with E-state index >= 15 is 0 Å². The van der Waals surface area contributed by atoms with Crippen LogP contribution in [-0.4, -0.2) is 9.91 Å². The van der Waals surface area contributed by atoms with E-state index in [1.807, 2.05) is 6.20 Å². The Hall–Kier alpha value is -1.66. The zero-order valence-corrected chi connectivity index (χ0v) is 6.00. The average molecular weight is 191 g/mol. The van der Waals surface area contributed by atoms with Crippen molar-refractivity contribution in [2.24, 2.45) is 0 Å². The highest BCUT2D eigenvalue weighted by atomic mass is 19.4. The highest BCUT2D eigenvalue weighted by Crippen LogP contribution is 2.30. The maximum atomic E-state index is 12.0. The molecule has 1 aromatic heterocycles. The summed E-state index contributed by atoms with van der Waals surface area (Å²) in [5, 5.41) is 10.0. The third kappa shape index (κ3) is 2.14. The summed E-state index contributed by atoms with van der Waals surface area (Å²) in [6.07, 6.45) is -2.31. The van der Waals surface area contributed by atoms with Crippen LogP contribution in [0, 0.1) is 16.3 Å². The SMILES string of the molecule is O=[N+]([O-])c1[c]ncc(C(F)(F)F)c1. The van der Waals surface area contributed by atoms with Gasteiger partial charge in [-0.1, -0.05) is 0 Å². The molecule has 1 aromatic rings. The molecular weight excluding hydrogens is 189 g/mol. The molecule has 1 rings (SSSR count). The lowest BCUT2D eigenvalue weighted by Gasteiger charge is -2.03. The summed E-state index contributed by atoms with van der Waals surface area (Å²) in [4.78, 5) is 12.0. The smallest absolute Gasteiger partial charge is 0.258 e. The van der Waals surface area contributed by atoms with Crippen molar-refractivity contribution < 1.29 is 18.1 Å². The van der Waals surface area contributed by atoms with Gasteiger partial charge < -0.3 is 0 Å². The molecule has 1 radical (unpaired) electrons. The number of alkyl halides is 3. The summed E-state index contributed by atoms with van der Waals surface area (Å²) in [5.41, 5.74) is -1.95. The van der Waals surface area contributed by atoms with Crippen molar-refractivity contribution in [1.29, 1.82) is 0 Å². The molecule has 0 saturated carbocycles. The molecule has 0 atom stereocenters. The van der Waals surface area contributed by atoms with Gasteiger partial charge in [-0.3, -0.25) is 10.1 Å². The van der Waals surface area contributed by atoms with Gasteiger partial charge in [-0.05, 0) is 0 Å². The number of hydrogen-bond acceptors (Lipinski definition) is 3. The van der Waals surface area contributed by atoms with E-state index in [1.54, 1.807) is 0 Å². The number of pyridine rings is 1. The van der Waals surface area contributed by atoms with Crippen molar-refractivity contribution in [3.63, 3.8) is 0 Å². The minimum absolute atomic E-state index is 0.382. The second-order valence-electron chi connectivity index (χ2n) is 2.11. The second-order valence-corrected chi connectivity index (χ2v) is 2.11. The molecule has 0 aliphatic heterocycles.